The molecule has 3 fully saturated rings. The topological polar surface area (TPSA) is 84.9 Å². The average molecular weight is 505 g/mol. The molecule has 2 saturated carbocycles. The lowest BCUT2D eigenvalue weighted by molar-refractivity contribution is -0.153. The van der Waals surface area contributed by atoms with Crippen LogP contribution in [-0.2, 0) is 32.1 Å². The summed E-state index contributed by atoms with van der Waals surface area (Å²) in [6.45, 7) is 0.118. The molecule has 0 spiro atoms. The molecular weight excluding hydrogens is 476 g/mol. The van der Waals surface area contributed by atoms with Crippen LogP contribution in [0.1, 0.15) is 30.4 Å². The number of hydrogen-bond donors (Lipinski definition) is 1. The van der Waals surface area contributed by atoms with E-state index in [-0.39, 0.29) is 35.5 Å². The van der Waals surface area contributed by atoms with E-state index in [1.165, 1.54) is 12.8 Å². The first-order valence-corrected chi connectivity index (χ1v) is 13.3. The Balaban J connectivity index is 1.17. The van der Waals surface area contributed by atoms with Crippen LogP contribution in [0.3, 0.4) is 0 Å². The zero-order valence-electron chi connectivity index (χ0n) is 20.0. The SMILES string of the molecule is COc1ccc(COC(=O)C2=C3C[C@H](C4CC4)[C@@H]3S[C@@H]3[C@H](NC(=O)Cc4ccccc4)C(=O)N23)cc1. The fourth-order valence-corrected chi connectivity index (χ4v) is 7.25. The minimum atomic E-state index is -0.627. The molecule has 0 aromatic heterocycles. The van der Waals surface area contributed by atoms with E-state index in [2.05, 4.69) is 5.32 Å². The summed E-state index contributed by atoms with van der Waals surface area (Å²) in [4.78, 5) is 40.7. The number of rotatable bonds is 8. The number of benzene rings is 2. The minimum absolute atomic E-state index is 0.118. The third-order valence-electron chi connectivity index (χ3n) is 7.54. The van der Waals surface area contributed by atoms with Gasteiger partial charge in [0.15, 0.2) is 0 Å². The number of carbonyl (C=O) groups excluding carboxylic acids is 3. The van der Waals surface area contributed by atoms with Gasteiger partial charge >= 0.3 is 5.97 Å². The van der Waals surface area contributed by atoms with Gasteiger partial charge in [-0.1, -0.05) is 42.5 Å². The smallest absolute Gasteiger partial charge is 0.355 e. The van der Waals surface area contributed by atoms with Crippen LogP contribution in [0.25, 0.3) is 0 Å². The van der Waals surface area contributed by atoms with E-state index in [1.807, 2.05) is 54.6 Å². The molecule has 8 heteroatoms. The van der Waals surface area contributed by atoms with Gasteiger partial charge in [-0.2, -0.15) is 0 Å². The Hall–Kier alpha value is -3.26. The third-order valence-corrected chi connectivity index (χ3v) is 9.23. The summed E-state index contributed by atoms with van der Waals surface area (Å²) in [6.07, 6.45) is 3.53. The molecule has 1 saturated heterocycles. The molecule has 2 aliphatic heterocycles. The van der Waals surface area contributed by atoms with Crippen molar-refractivity contribution in [2.24, 2.45) is 11.8 Å². The maximum atomic E-state index is 13.3. The molecule has 2 aromatic carbocycles. The lowest BCUT2D eigenvalue weighted by Crippen LogP contribution is -2.72. The van der Waals surface area contributed by atoms with Gasteiger partial charge in [0.2, 0.25) is 5.91 Å². The van der Waals surface area contributed by atoms with Crippen LogP contribution in [0, 0.1) is 11.8 Å². The molecular formula is C28H28N2O5S. The summed E-state index contributed by atoms with van der Waals surface area (Å²) in [5.41, 5.74) is 3.16. The monoisotopic (exact) mass is 504 g/mol. The quantitative estimate of drug-likeness (QED) is 0.438. The summed E-state index contributed by atoms with van der Waals surface area (Å²) in [7, 11) is 1.60. The van der Waals surface area contributed by atoms with Crippen LogP contribution in [-0.4, -0.2) is 46.5 Å². The number of carbonyl (C=O) groups is 3. The Bertz CT molecular complexity index is 1220. The molecule has 36 heavy (non-hydrogen) atoms. The second-order valence-electron chi connectivity index (χ2n) is 9.87. The maximum absolute atomic E-state index is 13.3. The van der Waals surface area contributed by atoms with Crippen molar-refractivity contribution in [2.75, 3.05) is 7.11 Å². The van der Waals surface area contributed by atoms with E-state index in [9.17, 15) is 14.4 Å². The number of β-lactam (4-membered cyclic amide) rings is 1. The van der Waals surface area contributed by atoms with Gasteiger partial charge < -0.3 is 14.8 Å². The highest BCUT2D eigenvalue weighted by Gasteiger charge is 2.61. The first-order chi connectivity index (χ1) is 17.5. The predicted octanol–water partition coefficient (Wildman–Crippen LogP) is 3.43. The van der Waals surface area contributed by atoms with E-state index < -0.39 is 12.0 Å². The van der Waals surface area contributed by atoms with E-state index in [4.69, 9.17) is 9.47 Å². The molecule has 2 heterocycles. The fourth-order valence-electron chi connectivity index (χ4n) is 5.38. The second kappa shape index (κ2) is 9.32. The molecule has 1 N–H and O–H groups in total. The minimum Gasteiger partial charge on any atom is -0.497 e. The zero-order chi connectivity index (χ0) is 24.8. The van der Waals surface area contributed by atoms with E-state index in [0.29, 0.717) is 17.5 Å². The highest BCUT2D eigenvalue weighted by atomic mass is 32.2. The Morgan fingerprint density at radius 3 is 2.50 bits per heavy atom. The van der Waals surface area contributed by atoms with Gasteiger partial charge in [0, 0.05) is 5.25 Å². The number of amides is 2. The lowest BCUT2D eigenvalue weighted by atomic mass is 9.74. The van der Waals surface area contributed by atoms with Crippen LogP contribution in [0.2, 0.25) is 0 Å². The maximum Gasteiger partial charge on any atom is 0.355 e. The average Bonchev–Trinajstić information content (AvgIpc) is 3.72. The van der Waals surface area contributed by atoms with Gasteiger partial charge in [-0.25, -0.2) is 4.79 Å². The van der Waals surface area contributed by atoms with Crippen LogP contribution < -0.4 is 10.1 Å². The van der Waals surface area contributed by atoms with Crippen molar-refractivity contribution in [3.05, 3.63) is 77.0 Å². The number of fused-ring (bicyclic) bond motifs is 2. The number of ether oxygens (including phenoxy) is 2. The molecule has 4 atom stereocenters. The summed E-state index contributed by atoms with van der Waals surface area (Å²) in [6, 6.07) is 16.2. The third kappa shape index (κ3) is 4.17. The van der Waals surface area contributed by atoms with Gasteiger partial charge in [-0.3, -0.25) is 14.5 Å². The number of hydrogen-bond acceptors (Lipinski definition) is 6. The Morgan fingerprint density at radius 2 is 1.81 bits per heavy atom. The number of nitrogens with one attached hydrogen (secondary N) is 1. The summed E-state index contributed by atoms with van der Waals surface area (Å²) in [5.74, 6) is 1.07. The van der Waals surface area contributed by atoms with Gasteiger partial charge in [-0.15, -0.1) is 11.8 Å². The largest absolute Gasteiger partial charge is 0.497 e. The van der Waals surface area contributed by atoms with Crippen LogP contribution in [0.4, 0.5) is 0 Å². The molecule has 0 unspecified atom stereocenters. The van der Waals surface area contributed by atoms with Crippen LogP contribution >= 0.6 is 11.8 Å². The Labute approximate surface area is 214 Å². The predicted molar refractivity (Wildman–Crippen MR) is 135 cm³/mol. The number of nitrogens with zero attached hydrogens (tertiary/aromatic N) is 1. The van der Waals surface area contributed by atoms with Crippen molar-refractivity contribution >= 4 is 29.5 Å². The molecule has 2 aromatic rings. The molecule has 0 radical (unpaired) electrons. The molecule has 0 bridgehead atoms. The van der Waals surface area contributed by atoms with Crippen molar-refractivity contribution in [1.82, 2.24) is 10.2 Å². The summed E-state index contributed by atoms with van der Waals surface area (Å²) >= 11 is 1.72. The van der Waals surface area contributed by atoms with Crippen molar-refractivity contribution < 1.29 is 23.9 Å². The Morgan fingerprint density at radius 1 is 1.06 bits per heavy atom. The van der Waals surface area contributed by atoms with Gasteiger partial charge in [0.1, 0.15) is 29.5 Å². The summed E-state index contributed by atoms with van der Waals surface area (Å²) < 4.78 is 10.9. The molecule has 2 aliphatic carbocycles. The van der Waals surface area contributed by atoms with E-state index >= 15 is 0 Å². The van der Waals surface area contributed by atoms with E-state index in [0.717, 1.165) is 28.9 Å². The second-order valence-corrected chi connectivity index (χ2v) is 11.1. The van der Waals surface area contributed by atoms with Crippen LogP contribution in [0.5, 0.6) is 5.75 Å². The van der Waals surface area contributed by atoms with E-state index in [1.54, 1.807) is 23.8 Å². The van der Waals surface area contributed by atoms with Gasteiger partial charge in [0.05, 0.1) is 13.5 Å². The normalized spacial score (nSPS) is 26.2. The standard InChI is InChI=1S/C28H28N2O5S/c1-34-19-11-7-17(8-12-19)15-35-28(33)24-21-14-20(18-9-10-18)25(21)36-27-23(26(32)30(24)27)29-22(31)13-16-5-3-2-4-6-16/h2-8,11-12,18,20,23,25,27H,9-10,13-15H2,1H3,(H,29,31)/t20-,23-,25+,27-/m1/s1. The zero-order valence-corrected chi connectivity index (χ0v) is 20.8. The van der Waals surface area contributed by atoms with Crippen LogP contribution in [0.15, 0.2) is 65.9 Å². The van der Waals surface area contributed by atoms with Crippen molar-refractivity contribution in [3.63, 3.8) is 0 Å². The van der Waals surface area contributed by atoms with Gasteiger partial charge in [0.25, 0.3) is 5.91 Å². The first-order valence-electron chi connectivity index (χ1n) is 12.4. The number of methoxy groups -OCH3 is 1. The van der Waals surface area contributed by atoms with Crippen molar-refractivity contribution in [3.8, 4) is 5.75 Å². The van der Waals surface area contributed by atoms with Crippen molar-refractivity contribution in [1.29, 1.82) is 0 Å². The highest BCUT2D eigenvalue weighted by molar-refractivity contribution is 8.01. The summed E-state index contributed by atoms with van der Waals surface area (Å²) in [5, 5.41) is 2.85. The molecule has 6 rings (SSSR count). The fraction of sp³-hybridized carbons (Fsp3) is 0.393. The molecule has 186 valence electrons. The lowest BCUT2D eigenvalue weighted by Gasteiger charge is -2.56. The molecule has 4 aliphatic rings. The van der Waals surface area contributed by atoms with Gasteiger partial charge in [-0.05, 0) is 59.9 Å². The van der Waals surface area contributed by atoms with Crippen molar-refractivity contribution in [2.45, 2.75) is 49.0 Å². The highest BCUT2D eigenvalue weighted by Crippen LogP contribution is 2.60. The number of esters is 1. The molecule has 7 nitrogen and oxygen atoms in total. The Kier molecular flexibility index (Phi) is 5.99. The molecule has 2 amide bonds. The first kappa shape index (κ1) is 23.2. The number of thioether (sulfide) groups is 1.